The Morgan fingerprint density at radius 1 is 1.12 bits per heavy atom. The van der Waals surface area contributed by atoms with E-state index < -0.39 is 6.10 Å². The molecule has 40 heavy (non-hydrogen) atoms. The number of hydrogen-bond donors (Lipinski definition) is 2. The molecular weight excluding hydrogens is 548 g/mol. The zero-order chi connectivity index (χ0) is 28.4. The Labute approximate surface area is 244 Å². The third-order valence-corrected chi connectivity index (χ3v) is 8.19. The predicted molar refractivity (Wildman–Crippen MR) is 163 cm³/mol. The molecule has 0 spiro atoms. The molecule has 0 amide bonds. The second-order valence-electron chi connectivity index (χ2n) is 10.4. The standard InChI is InChI=1S/C31H34Cl2FN5O/c1-5-18(2)30(36-27-15-25(34)28(13-19(27)3)39-11-7-6-8-12-39)31-22-14-21(9-10-26(22)37-38-31)40-20(4)29-23(32)16-35-17-24(29)33/h9-10,13-17,20,36H,5-8,11-12H2,1-4H3,(H,37,38)/b30-18+. The molecule has 6 nitrogen and oxygen atoms in total. The lowest BCUT2D eigenvalue weighted by molar-refractivity contribution is 0.227. The molecule has 0 bridgehead atoms. The van der Waals surface area contributed by atoms with E-state index in [1.807, 2.05) is 38.1 Å². The molecule has 2 N–H and O–H groups in total. The number of nitrogens with zero attached hydrogens (tertiary/aromatic N) is 3. The zero-order valence-corrected chi connectivity index (χ0v) is 24.8. The Bertz CT molecular complexity index is 1540. The van der Waals surface area contributed by atoms with Gasteiger partial charge in [0.25, 0.3) is 0 Å². The zero-order valence-electron chi connectivity index (χ0n) is 23.2. The van der Waals surface area contributed by atoms with E-state index in [2.05, 4.69) is 39.2 Å². The van der Waals surface area contributed by atoms with Gasteiger partial charge in [-0.15, -0.1) is 0 Å². The lowest BCUT2D eigenvalue weighted by atomic mass is 10.0. The lowest BCUT2D eigenvalue weighted by Crippen LogP contribution is -2.30. The van der Waals surface area contributed by atoms with E-state index in [1.165, 1.54) is 6.42 Å². The van der Waals surface area contributed by atoms with Gasteiger partial charge in [0.2, 0.25) is 0 Å². The maximum atomic E-state index is 15.4. The van der Waals surface area contributed by atoms with Crippen molar-refractivity contribution in [3.05, 3.63) is 81.0 Å². The maximum absolute atomic E-state index is 15.4. The van der Waals surface area contributed by atoms with Gasteiger partial charge in [-0.3, -0.25) is 10.1 Å². The quantitative estimate of drug-likeness (QED) is 0.217. The summed E-state index contributed by atoms with van der Waals surface area (Å²) >= 11 is 12.7. The number of allylic oxidation sites excluding steroid dienone is 1. The molecular formula is C31H34Cl2FN5O. The number of fused-ring (bicyclic) bond motifs is 1. The fourth-order valence-corrected chi connectivity index (χ4v) is 5.86. The minimum absolute atomic E-state index is 0.214. The topological polar surface area (TPSA) is 66.1 Å². The van der Waals surface area contributed by atoms with Crippen LogP contribution in [0.25, 0.3) is 16.6 Å². The molecule has 1 saturated heterocycles. The summed E-state index contributed by atoms with van der Waals surface area (Å²) in [6, 6.07) is 9.32. The monoisotopic (exact) mass is 581 g/mol. The van der Waals surface area contributed by atoms with Crippen LogP contribution in [0.3, 0.4) is 0 Å². The molecule has 1 unspecified atom stereocenters. The Morgan fingerprint density at radius 2 is 1.85 bits per heavy atom. The van der Waals surface area contributed by atoms with E-state index >= 15 is 4.39 Å². The lowest BCUT2D eigenvalue weighted by Gasteiger charge is -2.30. The summed E-state index contributed by atoms with van der Waals surface area (Å²) in [4.78, 5) is 6.18. The van der Waals surface area contributed by atoms with Crippen molar-refractivity contribution >= 4 is 51.2 Å². The van der Waals surface area contributed by atoms with Gasteiger partial charge in [-0.05, 0) is 87.9 Å². The van der Waals surface area contributed by atoms with Crippen LogP contribution in [-0.2, 0) is 0 Å². The van der Waals surface area contributed by atoms with Gasteiger partial charge in [-0.25, -0.2) is 4.39 Å². The molecule has 4 aromatic rings. The predicted octanol–water partition coefficient (Wildman–Crippen LogP) is 9.10. The van der Waals surface area contributed by atoms with Crippen LogP contribution in [0.1, 0.15) is 69.4 Å². The second-order valence-corrected chi connectivity index (χ2v) is 11.2. The molecule has 0 radical (unpaired) electrons. The van der Waals surface area contributed by atoms with Gasteiger partial charge in [-0.1, -0.05) is 30.1 Å². The summed E-state index contributed by atoms with van der Waals surface area (Å²) in [5.41, 5.74) is 6.61. The molecule has 3 heterocycles. The van der Waals surface area contributed by atoms with Gasteiger partial charge in [0.1, 0.15) is 23.4 Å². The third kappa shape index (κ3) is 5.77. The fourth-order valence-electron chi connectivity index (χ4n) is 5.19. The average molecular weight is 583 g/mol. The first kappa shape index (κ1) is 28.2. The summed E-state index contributed by atoms with van der Waals surface area (Å²) in [6.45, 7) is 9.85. The highest BCUT2D eigenvalue weighted by atomic mass is 35.5. The van der Waals surface area contributed by atoms with Crippen LogP contribution in [0, 0.1) is 12.7 Å². The van der Waals surface area contributed by atoms with E-state index in [0.717, 1.165) is 71.5 Å². The van der Waals surface area contributed by atoms with Crippen molar-refractivity contribution in [2.45, 2.75) is 59.5 Å². The summed E-state index contributed by atoms with van der Waals surface area (Å²) in [5.74, 6) is 0.432. The Hall–Kier alpha value is -3.29. The number of nitrogens with one attached hydrogen (secondary N) is 2. The molecule has 0 saturated carbocycles. The smallest absolute Gasteiger partial charge is 0.148 e. The normalized spacial score (nSPS) is 15.2. The number of anilines is 2. The van der Waals surface area contributed by atoms with Gasteiger partial charge in [0.05, 0.1) is 26.9 Å². The molecule has 5 rings (SSSR count). The van der Waals surface area contributed by atoms with Crippen molar-refractivity contribution in [2.75, 3.05) is 23.3 Å². The Balaban J connectivity index is 1.47. The summed E-state index contributed by atoms with van der Waals surface area (Å²) in [6.07, 6.45) is 6.91. The number of aryl methyl sites for hydroxylation is 1. The van der Waals surface area contributed by atoms with E-state index in [-0.39, 0.29) is 5.82 Å². The van der Waals surface area contributed by atoms with E-state index in [4.69, 9.17) is 27.9 Å². The summed E-state index contributed by atoms with van der Waals surface area (Å²) in [7, 11) is 0. The molecule has 9 heteroatoms. The molecule has 0 aliphatic carbocycles. The van der Waals surface area contributed by atoms with Crippen molar-refractivity contribution in [1.29, 1.82) is 0 Å². The summed E-state index contributed by atoms with van der Waals surface area (Å²) < 4.78 is 21.6. The van der Waals surface area contributed by atoms with Gasteiger partial charge in [-0.2, -0.15) is 5.10 Å². The van der Waals surface area contributed by atoms with E-state index in [0.29, 0.717) is 27.0 Å². The molecule has 1 aliphatic rings. The van der Waals surface area contributed by atoms with Gasteiger partial charge in [0, 0.05) is 42.1 Å². The molecule has 210 valence electrons. The molecule has 1 fully saturated rings. The second kappa shape index (κ2) is 12.1. The molecule has 2 aromatic heterocycles. The highest BCUT2D eigenvalue weighted by Gasteiger charge is 2.21. The minimum Gasteiger partial charge on any atom is -0.486 e. The number of rotatable bonds is 8. The van der Waals surface area contributed by atoms with Crippen LogP contribution < -0.4 is 15.0 Å². The van der Waals surface area contributed by atoms with E-state index in [1.54, 1.807) is 18.5 Å². The number of benzene rings is 2. The van der Waals surface area contributed by atoms with Crippen LogP contribution in [0.15, 0.2) is 48.3 Å². The number of aromatic amines is 1. The van der Waals surface area contributed by atoms with Crippen molar-refractivity contribution in [1.82, 2.24) is 15.2 Å². The van der Waals surface area contributed by atoms with Gasteiger partial charge >= 0.3 is 0 Å². The average Bonchev–Trinajstić information content (AvgIpc) is 3.36. The van der Waals surface area contributed by atoms with Crippen molar-refractivity contribution in [3.8, 4) is 5.75 Å². The summed E-state index contributed by atoms with van der Waals surface area (Å²) in [5, 5.41) is 13.1. The van der Waals surface area contributed by atoms with Crippen LogP contribution >= 0.6 is 23.2 Å². The highest BCUT2D eigenvalue weighted by Crippen LogP contribution is 2.36. The van der Waals surface area contributed by atoms with Crippen LogP contribution in [0.5, 0.6) is 5.75 Å². The number of halogens is 3. The number of ether oxygens (including phenoxy) is 1. The first-order valence-corrected chi connectivity index (χ1v) is 14.5. The highest BCUT2D eigenvalue weighted by molar-refractivity contribution is 6.35. The van der Waals surface area contributed by atoms with Crippen LogP contribution in [0.4, 0.5) is 15.8 Å². The van der Waals surface area contributed by atoms with Crippen LogP contribution in [-0.4, -0.2) is 28.3 Å². The largest absolute Gasteiger partial charge is 0.486 e. The molecule has 1 aliphatic heterocycles. The first-order valence-electron chi connectivity index (χ1n) is 13.7. The molecule has 1 atom stereocenters. The van der Waals surface area contributed by atoms with Crippen LogP contribution in [0.2, 0.25) is 10.0 Å². The van der Waals surface area contributed by atoms with Crippen molar-refractivity contribution in [2.24, 2.45) is 0 Å². The molecule has 2 aromatic carbocycles. The number of aromatic nitrogens is 3. The van der Waals surface area contributed by atoms with E-state index in [9.17, 15) is 0 Å². The first-order chi connectivity index (χ1) is 19.3. The number of pyridine rings is 1. The number of piperidine rings is 1. The maximum Gasteiger partial charge on any atom is 0.148 e. The minimum atomic E-state index is -0.398. The number of H-pyrrole nitrogens is 1. The Morgan fingerprint density at radius 3 is 2.55 bits per heavy atom. The Kier molecular flexibility index (Phi) is 8.52. The SMILES string of the molecule is CC/C(C)=C(/Nc1cc(F)c(N2CCCCC2)cc1C)c1n[nH]c2ccc(OC(C)c3c(Cl)cncc3Cl)cc12. The third-order valence-electron chi connectivity index (χ3n) is 7.59. The van der Waals surface area contributed by atoms with Crippen molar-refractivity contribution in [3.63, 3.8) is 0 Å². The number of hydrogen-bond acceptors (Lipinski definition) is 5. The van der Waals surface area contributed by atoms with Crippen molar-refractivity contribution < 1.29 is 9.13 Å². The fraction of sp³-hybridized carbons (Fsp3) is 0.355. The van der Waals surface area contributed by atoms with Gasteiger partial charge < -0.3 is 15.0 Å². The van der Waals surface area contributed by atoms with Gasteiger partial charge in [0.15, 0.2) is 0 Å².